The summed E-state index contributed by atoms with van der Waals surface area (Å²) in [6, 6.07) is 6.38. The van der Waals surface area contributed by atoms with Crippen LogP contribution in [0.25, 0.3) is 0 Å². The summed E-state index contributed by atoms with van der Waals surface area (Å²) in [5.41, 5.74) is 1.10. The molecule has 1 saturated heterocycles. The Kier molecular flexibility index (Phi) is 6.21. The van der Waals surface area contributed by atoms with Crippen molar-refractivity contribution >= 4 is 17.7 Å². The van der Waals surface area contributed by atoms with Crippen molar-refractivity contribution in [2.45, 2.75) is 19.8 Å². The van der Waals surface area contributed by atoms with Gasteiger partial charge in [0.25, 0.3) is 0 Å². The first-order chi connectivity index (χ1) is 10.7. The molecule has 0 saturated carbocycles. The van der Waals surface area contributed by atoms with Crippen molar-refractivity contribution < 1.29 is 19.1 Å². The van der Waals surface area contributed by atoms with Crippen LogP contribution in [0.5, 0.6) is 0 Å². The second kappa shape index (κ2) is 8.38. The van der Waals surface area contributed by atoms with Crippen molar-refractivity contribution in [3.63, 3.8) is 0 Å². The van der Waals surface area contributed by atoms with Crippen LogP contribution in [0.3, 0.4) is 0 Å². The number of carbonyl (C=O) groups excluding carboxylic acids is 2. The molecular weight excluding hydrogens is 284 g/mol. The number of nitrogens with one attached hydrogen (secondary N) is 2. The molecule has 1 aromatic carbocycles. The molecule has 1 aliphatic heterocycles. The van der Waals surface area contributed by atoms with E-state index in [1.165, 1.54) is 0 Å². The maximum atomic E-state index is 11.8. The molecule has 0 radical (unpaired) electrons. The molecule has 1 heterocycles. The van der Waals surface area contributed by atoms with E-state index in [0.717, 1.165) is 26.1 Å². The van der Waals surface area contributed by atoms with E-state index in [1.54, 1.807) is 31.2 Å². The van der Waals surface area contributed by atoms with E-state index < -0.39 is 0 Å². The van der Waals surface area contributed by atoms with E-state index in [9.17, 15) is 9.59 Å². The maximum Gasteiger partial charge on any atom is 0.338 e. The molecule has 2 amide bonds. The zero-order chi connectivity index (χ0) is 15.8. The van der Waals surface area contributed by atoms with Gasteiger partial charge in [0.05, 0.1) is 12.2 Å². The quantitative estimate of drug-likeness (QED) is 0.819. The molecular formula is C16H22N2O4. The summed E-state index contributed by atoms with van der Waals surface area (Å²) in [5.74, 6) is 0.115. The summed E-state index contributed by atoms with van der Waals surface area (Å²) >= 11 is 0. The molecule has 6 heteroatoms. The summed E-state index contributed by atoms with van der Waals surface area (Å²) in [4.78, 5) is 23.4. The number of hydrogen-bond donors (Lipinski definition) is 2. The predicted octanol–water partition coefficient (Wildman–Crippen LogP) is 2.41. The second-order valence-electron chi connectivity index (χ2n) is 5.19. The lowest BCUT2D eigenvalue weighted by molar-refractivity contribution is 0.0526. The number of urea groups is 1. The molecule has 0 spiro atoms. The minimum Gasteiger partial charge on any atom is -0.462 e. The molecule has 2 N–H and O–H groups in total. The Labute approximate surface area is 130 Å². The van der Waals surface area contributed by atoms with Crippen molar-refractivity contribution in [3.05, 3.63) is 29.8 Å². The molecule has 0 unspecified atom stereocenters. The number of benzene rings is 1. The second-order valence-corrected chi connectivity index (χ2v) is 5.19. The van der Waals surface area contributed by atoms with Crippen molar-refractivity contribution in [1.29, 1.82) is 0 Å². The maximum absolute atomic E-state index is 11.8. The fourth-order valence-corrected chi connectivity index (χ4v) is 2.27. The fourth-order valence-electron chi connectivity index (χ4n) is 2.27. The zero-order valence-corrected chi connectivity index (χ0v) is 12.8. The largest absolute Gasteiger partial charge is 0.462 e. The van der Waals surface area contributed by atoms with Crippen LogP contribution in [0.15, 0.2) is 24.3 Å². The van der Waals surface area contributed by atoms with E-state index >= 15 is 0 Å². The summed E-state index contributed by atoms with van der Waals surface area (Å²) in [6.07, 6.45) is 1.96. The van der Waals surface area contributed by atoms with Gasteiger partial charge in [-0.2, -0.15) is 0 Å². The SMILES string of the molecule is CCOC(=O)c1ccc(NC(=O)NCC2CCOCC2)cc1. The Hall–Kier alpha value is -2.08. The highest BCUT2D eigenvalue weighted by Gasteiger charge is 2.14. The molecule has 0 aliphatic carbocycles. The van der Waals surface area contributed by atoms with Crippen LogP contribution >= 0.6 is 0 Å². The summed E-state index contributed by atoms with van der Waals surface area (Å²) in [6.45, 7) is 4.28. The summed E-state index contributed by atoms with van der Waals surface area (Å²) in [5, 5.41) is 5.61. The highest BCUT2D eigenvalue weighted by atomic mass is 16.5. The molecule has 1 fully saturated rings. The van der Waals surface area contributed by atoms with E-state index in [1.807, 2.05) is 0 Å². The fraction of sp³-hybridized carbons (Fsp3) is 0.500. The van der Waals surface area contributed by atoms with Gasteiger partial charge in [0.15, 0.2) is 0 Å². The lowest BCUT2D eigenvalue weighted by Gasteiger charge is -2.22. The summed E-state index contributed by atoms with van der Waals surface area (Å²) < 4.78 is 10.2. The lowest BCUT2D eigenvalue weighted by Crippen LogP contribution is -2.35. The van der Waals surface area contributed by atoms with Crippen LogP contribution in [-0.2, 0) is 9.47 Å². The Morgan fingerprint density at radius 3 is 2.55 bits per heavy atom. The minimum atomic E-state index is -0.363. The van der Waals surface area contributed by atoms with Crippen molar-refractivity contribution in [3.8, 4) is 0 Å². The van der Waals surface area contributed by atoms with Crippen LogP contribution in [0.1, 0.15) is 30.1 Å². The number of esters is 1. The average molecular weight is 306 g/mol. The monoisotopic (exact) mass is 306 g/mol. The Balaban J connectivity index is 1.77. The van der Waals surface area contributed by atoms with Crippen molar-refractivity contribution in [1.82, 2.24) is 5.32 Å². The normalized spacial score (nSPS) is 15.1. The predicted molar refractivity (Wildman–Crippen MR) is 83.0 cm³/mol. The van der Waals surface area contributed by atoms with Gasteiger partial charge in [0.1, 0.15) is 0 Å². The highest BCUT2D eigenvalue weighted by Crippen LogP contribution is 2.14. The Morgan fingerprint density at radius 1 is 1.23 bits per heavy atom. The Morgan fingerprint density at radius 2 is 1.91 bits per heavy atom. The first kappa shape index (κ1) is 16.3. The Bertz CT molecular complexity index is 495. The number of carbonyl (C=O) groups is 2. The molecule has 0 bridgehead atoms. The third-order valence-electron chi connectivity index (χ3n) is 3.55. The number of rotatable bonds is 5. The van der Waals surface area contributed by atoms with Crippen LogP contribution in [0.2, 0.25) is 0 Å². The molecule has 1 aliphatic rings. The third kappa shape index (κ3) is 5.04. The van der Waals surface area contributed by atoms with Crippen LogP contribution in [0, 0.1) is 5.92 Å². The molecule has 6 nitrogen and oxygen atoms in total. The van der Waals surface area contributed by atoms with Crippen molar-refractivity contribution in [2.24, 2.45) is 5.92 Å². The molecule has 120 valence electrons. The lowest BCUT2D eigenvalue weighted by atomic mass is 10.0. The van der Waals surface area contributed by atoms with Gasteiger partial charge in [0, 0.05) is 25.4 Å². The average Bonchev–Trinajstić information content (AvgIpc) is 2.55. The smallest absolute Gasteiger partial charge is 0.338 e. The molecule has 0 aromatic heterocycles. The van der Waals surface area contributed by atoms with Gasteiger partial charge in [-0.25, -0.2) is 9.59 Å². The van der Waals surface area contributed by atoms with E-state index in [2.05, 4.69) is 10.6 Å². The summed E-state index contributed by atoms with van der Waals surface area (Å²) in [7, 11) is 0. The van der Waals surface area contributed by atoms with Gasteiger partial charge in [-0.1, -0.05) is 0 Å². The third-order valence-corrected chi connectivity index (χ3v) is 3.55. The molecule has 1 aromatic rings. The molecule has 0 atom stereocenters. The number of amides is 2. The molecule has 22 heavy (non-hydrogen) atoms. The van der Waals surface area contributed by atoms with Gasteiger partial charge in [-0.05, 0) is 49.9 Å². The van der Waals surface area contributed by atoms with Gasteiger partial charge in [0.2, 0.25) is 0 Å². The number of anilines is 1. The molecule has 2 rings (SSSR count). The van der Waals surface area contributed by atoms with E-state index in [0.29, 0.717) is 30.3 Å². The van der Waals surface area contributed by atoms with E-state index in [-0.39, 0.29) is 12.0 Å². The highest BCUT2D eigenvalue weighted by molar-refractivity contribution is 5.92. The first-order valence-electron chi connectivity index (χ1n) is 7.59. The van der Waals surface area contributed by atoms with Gasteiger partial charge in [-0.15, -0.1) is 0 Å². The number of ether oxygens (including phenoxy) is 2. The van der Waals surface area contributed by atoms with Gasteiger partial charge in [-0.3, -0.25) is 0 Å². The standard InChI is InChI=1S/C16H22N2O4/c1-2-22-15(19)13-3-5-14(6-4-13)18-16(20)17-11-12-7-9-21-10-8-12/h3-6,12H,2,7-11H2,1H3,(H2,17,18,20). The van der Waals surface area contributed by atoms with Crippen LogP contribution in [-0.4, -0.2) is 38.4 Å². The first-order valence-corrected chi connectivity index (χ1v) is 7.59. The van der Waals surface area contributed by atoms with Crippen molar-refractivity contribution in [2.75, 3.05) is 31.7 Å². The topological polar surface area (TPSA) is 76.7 Å². The minimum absolute atomic E-state index is 0.240. The van der Waals surface area contributed by atoms with Crippen LogP contribution in [0.4, 0.5) is 10.5 Å². The zero-order valence-electron chi connectivity index (χ0n) is 12.8. The van der Waals surface area contributed by atoms with Crippen LogP contribution < -0.4 is 10.6 Å². The van der Waals surface area contributed by atoms with Gasteiger partial charge >= 0.3 is 12.0 Å². The van der Waals surface area contributed by atoms with Gasteiger partial charge < -0.3 is 20.1 Å². The van der Waals surface area contributed by atoms with E-state index in [4.69, 9.17) is 9.47 Å². The number of hydrogen-bond acceptors (Lipinski definition) is 4.